The molecule has 0 bridgehead atoms. The molecule has 214 valence electrons. The fraction of sp³-hybridized carbons (Fsp3) is 0.433. The lowest BCUT2D eigenvalue weighted by atomic mass is 9.94. The molecule has 0 unspecified atom stereocenters. The minimum absolute atomic E-state index is 0.0535. The SMILES string of the molecule is COc1cccc([C@H]2O[C@H](Cc3nc(C)c(CCC(=O)O)o3)C(=O)N(CC(C)(C)C)c3ccc(Cl)cc32)c1OC. The van der Waals surface area contributed by atoms with Crippen molar-refractivity contribution in [3.8, 4) is 11.5 Å². The third-order valence-corrected chi connectivity index (χ3v) is 6.85. The highest BCUT2D eigenvalue weighted by atomic mass is 35.5. The maximum Gasteiger partial charge on any atom is 0.303 e. The van der Waals surface area contributed by atoms with E-state index >= 15 is 0 Å². The van der Waals surface area contributed by atoms with Gasteiger partial charge in [0.05, 0.1) is 32.8 Å². The maximum atomic E-state index is 14.2. The van der Waals surface area contributed by atoms with E-state index in [1.165, 1.54) is 0 Å². The Morgan fingerprint density at radius 2 is 1.90 bits per heavy atom. The van der Waals surface area contributed by atoms with Crippen LogP contribution in [0.5, 0.6) is 11.5 Å². The Morgan fingerprint density at radius 3 is 2.55 bits per heavy atom. The number of oxazole rings is 1. The van der Waals surface area contributed by atoms with Gasteiger partial charge >= 0.3 is 5.97 Å². The van der Waals surface area contributed by atoms with Crippen LogP contribution in [-0.2, 0) is 27.2 Å². The summed E-state index contributed by atoms with van der Waals surface area (Å²) in [5, 5.41) is 9.59. The number of carboxylic acids is 1. The Balaban J connectivity index is 1.84. The van der Waals surface area contributed by atoms with Gasteiger partial charge in [-0.3, -0.25) is 9.59 Å². The zero-order valence-corrected chi connectivity index (χ0v) is 24.4. The number of methoxy groups -OCH3 is 2. The molecule has 0 radical (unpaired) electrons. The average Bonchev–Trinajstić information content (AvgIpc) is 3.21. The number of halogens is 1. The third kappa shape index (κ3) is 6.42. The van der Waals surface area contributed by atoms with Crippen molar-refractivity contribution in [2.45, 2.75) is 59.2 Å². The fourth-order valence-electron chi connectivity index (χ4n) is 4.89. The molecular weight excluding hydrogens is 536 g/mol. The van der Waals surface area contributed by atoms with Gasteiger partial charge in [-0.25, -0.2) is 4.98 Å². The van der Waals surface area contributed by atoms with Crippen LogP contribution in [0.4, 0.5) is 5.69 Å². The Morgan fingerprint density at radius 1 is 1.15 bits per heavy atom. The molecule has 1 aliphatic heterocycles. The highest BCUT2D eigenvalue weighted by Gasteiger charge is 2.40. The van der Waals surface area contributed by atoms with E-state index < -0.39 is 18.2 Å². The van der Waals surface area contributed by atoms with Gasteiger partial charge in [0.15, 0.2) is 17.4 Å². The number of carboxylic acid groups (broad SMARTS) is 1. The summed E-state index contributed by atoms with van der Waals surface area (Å²) < 4.78 is 23.9. The quantitative estimate of drug-likeness (QED) is 0.344. The molecule has 2 aromatic carbocycles. The number of carbonyl (C=O) groups excluding carboxylic acids is 1. The van der Waals surface area contributed by atoms with Crippen molar-refractivity contribution < 1.29 is 33.3 Å². The maximum absolute atomic E-state index is 14.2. The summed E-state index contributed by atoms with van der Waals surface area (Å²) in [6, 6.07) is 10.9. The first-order valence-corrected chi connectivity index (χ1v) is 13.4. The van der Waals surface area contributed by atoms with Gasteiger partial charge in [-0.2, -0.15) is 0 Å². The second-order valence-corrected chi connectivity index (χ2v) is 11.4. The molecule has 10 heteroatoms. The Bertz CT molecular complexity index is 1400. The van der Waals surface area contributed by atoms with E-state index in [4.69, 9.17) is 35.3 Å². The molecule has 1 aliphatic rings. The number of hydrogen-bond acceptors (Lipinski definition) is 7. The molecule has 1 amide bonds. The number of aliphatic carboxylic acids is 1. The van der Waals surface area contributed by atoms with E-state index in [0.717, 1.165) is 0 Å². The number of aromatic nitrogens is 1. The fourth-order valence-corrected chi connectivity index (χ4v) is 5.07. The van der Waals surface area contributed by atoms with Crippen LogP contribution in [0.1, 0.15) is 61.8 Å². The largest absolute Gasteiger partial charge is 0.493 e. The lowest BCUT2D eigenvalue weighted by Gasteiger charge is -2.31. The molecule has 4 rings (SSSR count). The van der Waals surface area contributed by atoms with Crippen molar-refractivity contribution >= 4 is 29.2 Å². The predicted molar refractivity (Wildman–Crippen MR) is 150 cm³/mol. The summed E-state index contributed by atoms with van der Waals surface area (Å²) in [6.07, 6.45) is -1.53. The van der Waals surface area contributed by atoms with Crippen LogP contribution in [0, 0.1) is 12.3 Å². The molecule has 40 heavy (non-hydrogen) atoms. The van der Waals surface area contributed by atoms with Crippen LogP contribution in [0.2, 0.25) is 5.02 Å². The van der Waals surface area contributed by atoms with Crippen LogP contribution in [0.3, 0.4) is 0 Å². The van der Waals surface area contributed by atoms with Gasteiger partial charge in [0, 0.05) is 34.8 Å². The van der Waals surface area contributed by atoms with Gasteiger partial charge in [0.2, 0.25) is 0 Å². The predicted octanol–water partition coefficient (Wildman–Crippen LogP) is 5.78. The first-order valence-electron chi connectivity index (χ1n) is 13.1. The second-order valence-electron chi connectivity index (χ2n) is 11.0. The van der Waals surface area contributed by atoms with E-state index in [1.54, 1.807) is 38.2 Å². The molecule has 0 fully saturated rings. The summed E-state index contributed by atoms with van der Waals surface area (Å²) in [6.45, 7) is 8.37. The smallest absolute Gasteiger partial charge is 0.303 e. The summed E-state index contributed by atoms with van der Waals surface area (Å²) in [4.78, 5) is 31.5. The van der Waals surface area contributed by atoms with Gasteiger partial charge in [-0.1, -0.05) is 44.5 Å². The lowest BCUT2D eigenvalue weighted by Crippen LogP contribution is -2.44. The van der Waals surface area contributed by atoms with E-state index in [9.17, 15) is 9.59 Å². The monoisotopic (exact) mass is 570 g/mol. The molecule has 0 saturated carbocycles. The van der Waals surface area contributed by atoms with Crippen molar-refractivity contribution in [3.63, 3.8) is 0 Å². The van der Waals surface area contributed by atoms with Gasteiger partial charge in [0.25, 0.3) is 5.91 Å². The first-order chi connectivity index (χ1) is 18.9. The summed E-state index contributed by atoms with van der Waals surface area (Å²) in [5.74, 6) is 0.615. The summed E-state index contributed by atoms with van der Waals surface area (Å²) in [5.41, 5.74) is 2.43. The molecular formula is C30H35ClN2O7. The number of ether oxygens (including phenoxy) is 3. The molecule has 9 nitrogen and oxygen atoms in total. The van der Waals surface area contributed by atoms with E-state index in [0.29, 0.717) is 57.2 Å². The van der Waals surface area contributed by atoms with E-state index in [1.807, 2.05) is 24.3 Å². The topological polar surface area (TPSA) is 111 Å². The average molecular weight is 571 g/mol. The van der Waals surface area contributed by atoms with Crippen LogP contribution in [0.25, 0.3) is 0 Å². The Labute approximate surface area is 239 Å². The van der Waals surface area contributed by atoms with Crippen LogP contribution < -0.4 is 14.4 Å². The van der Waals surface area contributed by atoms with Gasteiger partial charge in [-0.15, -0.1) is 0 Å². The molecule has 0 spiro atoms. The van der Waals surface area contributed by atoms with Crippen molar-refractivity contribution in [3.05, 3.63) is 69.9 Å². The minimum atomic E-state index is -0.972. The van der Waals surface area contributed by atoms with Crippen LogP contribution in [0.15, 0.2) is 40.8 Å². The third-order valence-electron chi connectivity index (χ3n) is 6.62. The van der Waals surface area contributed by atoms with Crippen LogP contribution >= 0.6 is 11.6 Å². The highest BCUT2D eigenvalue weighted by molar-refractivity contribution is 6.30. The number of hydrogen-bond donors (Lipinski definition) is 1. The standard InChI is InChI=1S/C30H35ClN2O7/c1-17-22(12-13-26(34)35)39-25(32-17)15-24-29(36)33(16-30(2,3)4)21-11-10-18(31)14-20(21)27(40-24)19-8-7-9-23(37-5)28(19)38-6/h7-11,14,24,27H,12-13,15-16H2,1-6H3,(H,34,35)/t24-,27-/m1/s1. The summed E-state index contributed by atoms with van der Waals surface area (Å²) >= 11 is 6.49. The normalized spacial score (nSPS) is 17.4. The van der Waals surface area contributed by atoms with Crippen molar-refractivity contribution in [2.75, 3.05) is 25.7 Å². The number of fused-ring (bicyclic) bond motifs is 1. The highest BCUT2D eigenvalue weighted by Crippen LogP contribution is 2.45. The molecule has 0 aliphatic carbocycles. The number of nitrogens with zero attached hydrogens (tertiary/aromatic N) is 2. The number of para-hydroxylation sites is 1. The molecule has 3 aromatic rings. The number of anilines is 1. The molecule has 1 aromatic heterocycles. The van der Waals surface area contributed by atoms with Gasteiger partial charge in [-0.05, 0) is 36.6 Å². The van der Waals surface area contributed by atoms with Crippen molar-refractivity contribution in [2.24, 2.45) is 5.41 Å². The molecule has 1 N–H and O–H groups in total. The number of benzene rings is 2. The molecule has 2 heterocycles. The van der Waals surface area contributed by atoms with Crippen molar-refractivity contribution in [1.82, 2.24) is 4.98 Å². The zero-order valence-electron chi connectivity index (χ0n) is 23.6. The van der Waals surface area contributed by atoms with Gasteiger partial charge in [0.1, 0.15) is 18.0 Å². The first kappa shape index (κ1) is 29.4. The van der Waals surface area contributed by atoms with E-state index in [2.05, 4.69) is 25.8 Å². The lowest BCUT2D eigenvalue weighted by molar-refractivity contribution is -0.137. The number of carbonyl (C=O) groups is 2. The van der Waals surface area contributed by atoms with Crippen LogP contribution in [-0.4, -0.2) is 48.8 Å². The van der Waals surface area contributed by atoms with E-state index in [-0.39, 0.29) is 30.6 Å². The minimum Gasteiger partial charge on any atom is -0.493 e. The van der Waals surface area contributed by atoms with Gasteiger partial charge < -0.3 is 28.6 Å². The Hall–Kier alpha value is -3.56. The number of amides is 1. The number of aryl methyl sites for hydroxylation is 2. The zero-order chi connectivity index (χ0) is 29.2. The summed E-state index contributed by atoms with van der Waals surface area (Å²) in [7, 11) is 3.12. The molecule has 0 saturated heterocycles. The Kier molecular flexibility index (Phi) is 8.75. The second kappa shape index (κ2) is 11.9. The molecule has 2 atom stereocenters. The van der Waals surface area contributed by atoms with Crippen molar-refractivity contribution in [1.29, 1.82) is 0 Å². The number of rotatable bonds is 9.